The van der Waals surface area contributed by atoms with Crippen LogP contribution in [0.1, 0.15) is 50.5 Å². The Hall–Kier alpha value is -3.91. The molecule has 0 amide bonds. The van der Waals surface area contributed by atoms with Gasteiger partial charge in [-0.2, -0.15) is 0 Å². The average molecular weight is 626 g/mol. The molecule has 0 N–H and O–H groups in total. The van der Waals surface area contributed by atoms with Crippen LogP contribution in [-0.4, -0.2) is 43.8 Å². The minimum atomic E-state index is -0.993. The summed E-state index contributed by atoms with van der Waals surface area (Å²) in [5.41, 5.74) is 0.0611. The standard InChI is InChI=1S/C37H37O7S/c1-37(23-16-21-15-22(18-23)29(37)17-21)44-33(38)20-43-36(40)34(27-13-14-42-35(27)39)28-19-24(11-12-30(28)41-2)45-31-9-5-3-7-25(31)26-8-4-6-10-32(26)45/h3-12,19,21-23,27,29,34H,13-18,20H2,1-2H3/q+1. The Kier molecular flexibility index (Phi) is 6.89. The molecule has 1 aromatic heterocycles. The minimum absolute atomic E-state index is 0.228. The zero-order valence-corrected chi connectivity index (χ0v) is 26.3. The van der Waals surface area contributed by atoms with E-state index in [9.17, 15) is 14.4 Å². The van der Waals surface area contributed by atoms with Crippen LogP contribution in [0.5, 0.6) is 5.75 Å². The molecule has 7 atom stereocenters. The van der Waals surface area contributed by atoms with Crippen LogP contribution < -0.4 is 4.74 Å². The molecule has 3 aromatic carbocycles. The van der Waals surface area contributed by atoms with Crippen LogP contribution in [0.15, 0.2) is 66.7 Å². The molecule has 4 saturated carbocycles. The third-order valence-corrected chi connectivity index (χ3v) is 13.4. The lowest BCUT2D eigenvalue weighted by Crippen LogP contribution is -2.45. The highest BCUT2D eigenvalue weighted by molar-refractivity contribution is 7.50. The van der Waals surface area contributed by atoms with E-state index in [0.29, 0.717) is 35.5 Å². The predicted octanol–water partition coefficient (Wildman–Crippen LogP) is 7.30. The predicted molar refractivity (Wildman–Crippen MR) is 172 cm³/mol. The second kappa shape index (κ2) is 10.9. The van der Waals surface area contributed by atoms with Crippen molar-refractivity contribution in [3.63, 3.8) is 0 Å². The number of methoxy groups -OCH3 is 1. The molecule has 232 valence electrons. The number of cyclic esters (lactones) is 1. The van der Waals surface area contributed by atoms with Gasteiger partial charge in [-0.05, 0) is 87.1 Å². The number of benzene rings is 3. The highest BCUT2D eigenvalue weighted by Crippen LogP contribution is 2.64. The summed E-state index contributed by atoms with van der Waals surface area (Å²) >= 11 is 0. The van der Waals surface area contributed by atoms with Crippen molar-refractivity contribution in [1.29, 1.82) is 0 Å². The molecular weight excluding hydrogens is 588 g/mol. The van der Waals surface area contributed by atoms with Gasteiger partial charge in [0, 0.05) is 44.9 Å². The van der Waals surface area contributed by atoms with E-state index in [4.69, 9.17) is 18.9 Å². The van der Waals surface area contributed by atoms with Gasteiger partial charge in [-0.15, -0.1) is 0 Å². The van der Waals surface area contributed by atoms with Crippen LogP contribution in [0.3, 0.4) is 0 Å². The van der Waals surface area contributed by atoms with Crippen LogP contribution in [-0.2, 0) is 28.6 Å². The van der Waals surface area contributed by atoms with Crippen molar-refractivity contribution in [3.05, 3.63) is 72.3 Å². The number of carbonyl (C=O) groups is 3. The minimum Gasteiger partial charge on any atom is -0.496 e. The van der Waals surface area contributed by atoms with E-state index in [0.717, 1.165) is 30.1 Å². The number of fused-ring (bicyclic) bond motifs is 3. The Labute approximate surface area is 264 Å². The van der Waals surface area contributed by atoms with Crippen LogP contribution in [0.4, 0.5) is 0 Å². The fourth-order valence-electron chi connectivity index (χ4n) is 9.19. The summed E-state index contributed by atoms with van der Waals surface area (Å²) in [6.07, 6.45) is 4.95. The van der Waals surface area contributed by atoms with Crippen molar-refractivity contribution in [1.82, 2.24) is 0 Å². The van der Waals surface area contributed by atoms with Crippen LogP contribution in [0, 0.1) is 29.6 Å². The normalized spacial score (nSPS) is 28.8. The van der Waals surface area contributed by atoms with Crippen molar-refractivity contribution >= 4 is 48.6 Å². The summed E-state index contributed by atoms with van der Waals surface area (Å²) in [5.74, 6) is -0.736. The second-order valence-corrected chi connectivity index (χ2v) is 15.3. The first kappa shape index (κ1) is 28.6. The molecule has 5 fully saturated rings. The fourth-order valence-corrected chi connectivity index (χ4v) is 11.6. The highest BCUT2D eigenvalue weighted by atomic mass is 32.2. The zero-order valence-electron chi connectivity index (χ0n) is 25.5. The SMILES string of the molecule is COc1ccc(-[s+]2c3ccccc3c3ccccc32)cc1C(C(=O)OCC(=O)OC1(C)C2CC3CC(C2)C1C3)C1CCOC1=O. The van der Waals surface area contributed by atoms with Gasteiger partial charge in [-0.3, -0.25) is 9.59 Å². The quantitative estimate of drug-likeness (QED) is 0.115. The number of hydrogen-bond donors (Lipinski definition) is 0. The first-order valence-electron chi connectivity index (χ1n) is 16.0. The molecule has 4 aromatic rings. The molecule has 2 heterocycles. The third kappa shape index (κ3) is 4.55. The fraction of sp³-hybridized carbons (Fsp3) is 0.432. The third-order valence-electron chi connectivity index (χ3n) is 11.1. The van der Waals surface area contributed by atoms with E-state index in [2.05, 4.69) is 31.2 Å². The van der Waals surface area contributed by atoms with Gasteiger partial charge in [0.25, 0.3) is 0 Å². The summed E-state index contributed by atoms with van der Waals surface area (Å²) in [6, 6.07) is 22.6. The van der Waals surface area contributed by atoms with Crippen molar-refractivity contribution in [2.45, 2.75) is 50.5 Å². The van der Waals surface area contributed by atoms with Gasteiger partial charge >= 0.3 is 17.9 Å². The van der Waals surface area contributed by atoms with E-state index in [1.807, 2.05) is 42.5 Å². The van der Waals surface area contributed by atoms with E-state index in [-0.39, 0.29) is 6.61 Å². The molecule has 8 heteroatoms. The maximum Gasteiger partial charge on any atom is 0.344 e. The van der Waals surface area contributed by atoms with E-state index in [1.165, 1.54) is 26.6 Å². The van der Waals surface area contributed by atoms with E-state index >= 15 is 0 Å². The molecule has 9 rings (SSSR count). The number of thiophene rings is 1. The largest absolute Gasteiger partial charge is 0.496 e. The maximum atomic E-state index is 14.0. The lowest BCUT2D eigenvalue weighted by atomic mass is 9.73. The molecule has 45 heavy (non-hydrogen) atoms. The molecule has 4 bridgehead atoms. The number of esters is 3. The molecular formula is C37H37O7S+. The lowest BCUT2D eigenvalue weighted by Gasteiger charge is -2.41. The van der Waals surface area contributed by atoms with Gasteiger partial charge in [0.2, 0.25) is 0 Å². The summed E-state index contributed by atoms with van der Waals surface area (Å²) in [5, 5.41) is 2.39. The van der Waals surface area contributed by atoms with Gasteiger partial charge in [0.05, 0.1) is 25.6 Å². The van der Waals surface area contributed by atoms with Crippen molar-refractivity contribution in [2.24, 2.45) is 29.6 Å². The zero-order chi connectivity index (χ0) is 30.9. The van der Waals surface area contributed by atoms with Crippen molar-refractivity contribution < 1.29 is 33.3 Å². The Morgan fingerprint density at radius 1 is 0.978 bits per heavy atom. The topological polar surface area (TPSA) is 88.1 Å². The molecule has 0 spiro atoms. The maximum absolute atomic E-state index is 14.0. The monoisotopic (exact) mass is 625 g/mol. The molecule has 4 aliphatic carbocycles. The molecule has 7 unspecified atom stereocenters. The Bertz CT molecular complexity index is 1790. The molecule has 7 nitrogen and oxygen atoms in total. The Morgan fingerprint density at radius 3 is 2.38 bits per heavy atom. The Balaban J connectivity index is 1.12. The number of carbonyl (C=O) groups excluding carboxylic acids is 3. The van der Waals surface area contributed by atoms with Crippen LogP contribution >= 0.6 is 10.5 Å². The van der Waals surface area contributed by atoms with Gasteiger partial charge in [0.15, 0.2) is 20.9 Å². The van der Waals surface area contributed by atoms with Gasteiger partial charge in [-0.1, -0.05) is 24.3 Å². The van der Waals surface area contributed by atoms with E-state index in [1.54, 1.807) is 7.11 Å². The van der Waals surface area contributed by atoms with Gasteiger partial charge in [0.1, 0.15) is 11.4 Å². The van der Waals surface area contributed by atoms with Crippen LogP contribution in [0.2, 0.25) is 0 Å². The first-order valence-corrected chi connectivity index (χ1v) is 17.2. The molecule has 1 saturated heterocycles. The smallest absolute Gasteiger partial charge is 0.344 e. The molecule has 0 radical (unpaired) electrons. The molecule has 1 aliphatic heterocycles. The second-order valence-electron chi connectivity index (χ2n) is 13.4. The summed E-state index contributed by atoms with van der Waals surface area (Å²) in [4.78, 5) is 41.1. The van der Waals surface area contributed by atoms with Gasteiger partial charge in [-0.25, -0.2) is 4.79 Å². The average Bonchev–Trinajstić information content (AvgIpc) is 3.75. The lowest BCUT2D eigenvalue weighted by molar-refractivity contribution is -0.179. The first-order chi connectivity index (χ1) is 21.9. The van der Waals surface area contributed by atoms with Crippen molar-refractivity contribution in [3.8, 4) is 10.6 Å². The summed E-state index contributed by atoms with van der Waals surface area (Å²) in [7, 11) is 1.13. The summed E-state index contributed by atoms with van der Waals surface area (Å²) in [6.45, 7) is 1.80. The Morgan fingerprint density at radius 2 is 1.71 bits per heavy atom. The van der Waals surface area contributed by atoms with Crippen LogP contribution in [0.25, 0.3) is 25.1 Å². The van der Waals surface area contributed by atoms with Crippen molar-refractivity contribution in [2.75, 3.05) is 20.3 Å². The number of ether oxygens (including phenoxy) is 4. The number of rotatable bonds is 8. The van der Waals surface area contributed by atoms with E-state index < -0.39 is 52.4 Å². The molecule has 5 aliphatic rings. The van der Waals surface area contributed by atoms with Gasteiger partial charge < -0.3 is 18.9 Å². The summed E-state index contributed by atoms with van der Waals surface area (Å²) < 4.78 is 25.3. The number of hydrogen-bond acceptors (Lipinski definition) is 7. The highest BCUT2D eigenvalue weighted by Gasteiger charge is 2.62.